The number of carboxylic acids is 1. The van der Waals surface area contributed by atoms with E-state index >= 15 is 0 Å². The summed E-state index contributed by atoms with van der Waals surface area (Å²) in [5.74, 6) is -2.97. The molecule has 0 spiro atoms. The van der Waals surface area contributed by atoms with E-state index < -0.39 is 76.4 Å². The van der Waals surface area contributed by atoms with Crippen LogP contribution in [0.3, 0.4) is 0 Å². The molecular formula is C25H21N5O13S3. The van der Waals surface area contributed by atoms with Gasteiger partial charge in [-0.15, -0.1) is 5.11 Å². The zero-order chi connectivity index (χ0) is 33.9. The number of aromatic nitrogens is 2. The molecule has 21 heteroatoms. The third kappa shape index (κ3) is 8.35. The Kier molecular flexibility index (Phi) is 9.65. The smallest absolute Gasteiger partial charge is 0.397 e. The molecule has 5 N–H and O–H groups in total. The van der Waals surface area contributed by atoms with Crippen molar-refractivity contribution in [2.24, 2.45) is 10.2 Å². The zero-order valence-corrected chi connectivity index (χ0v) is 25.3. The molecule has 4 rings (SSSR count). The van der Waals surface area contributed by atoms with Crippen LogP contribution in [0.25, 0.3) is 5.69 Å². The highest BCUT2D eigenvalue weighted by molar-refractivity contribution is 7.91. The number of rotatable bonds is 12. The number of H-pyrrole nitrogens is 1. The summed E-state index contributed by atoms with van der Waals surface area (Å²) >= 11 is 0. The van der Waals surface area contributed by atoms with E-state index in [9.17, 15) is 44.7 Å². The van der Waals surface area contributed by atoms with Crippen molar-refractivity contribution < 1.29 is 53.2 Å². The molecule has 1 aromatic heterocycles. The summed E-state index contributed by atoms with van der Waals surface area (Å²) in [6.07, 6.45) is 0. The minimum Gasteiger partial charge on any atom is -0.476 e. The molecular weight excluding hydrogens is 674 g/mol. The summed E-state index contributed by atoms with van der Waals surface area (Å²) in [6, 6.07) is 14.7. The van der Waals surface area contributed by atoms with E-state index in [4.69, 9.17) is 9.11 Å². The van der Waals surface area contributed by atoms with Crippen LogP contribution < -0.4 is 10.9 Å². The molecule has 1 heterocycles. The first-order valence-corrected chi connectivity index (χ1v) is 16.8. The van der Waals surface area contributed by atoms with Gasteiger partial charge in [0.05, 0.1) is 33.5 Å². The molecule has 0 unspecified atom stereocenters. The van der Waals surface area contributed by atoms with Crippen molar-refractivity contribution in [3.63, 3.8) is 0 Å². The van der Waals surface area contributed by atoms with Gasteiger partial charge in [-0.25, -0.2) is 22.1 Å². The first-order valence-electron chi connectivity index (χ1n) is 12.4. The number of aromatic amines is 1. The van der Waals surface area contributed by atoms with E-state index in [0.717, 1.165) is 35.0 Å². The molecule has 3 aromatic carbocycles. The lowest BCUT2D eigenvalue weighted by atomic mass is 10.2. The van der Waals surface area contributed by atoms with Gasteiger partial charge in [0.2, 0.25) is 0 Å². The number of sulfone groups is 1. The summed E-state index contributed by atoms with van der Waals surface area (Å²) in [4.78, 5) is 36.7. The Labute approximate surface area is 259 Å². The number of hydrogen-bond donors (Lipinski definition) is 5. The average molecular weight is 696 g/mol. The van der Waals surface area contributed by atoms with Gasteiger partial charge in [-0.2, -0.15) is 21.9 Å². The van der Waals surface area contributed by atoms with Crippen molar-refractivity contribution in [3.05, 3.63) is 94.4 Å². The van der Waals surface area contributed by atoms with Crippen molar-refractivity contribution in [3.8, 4) is 5.69 Å². The van der Waals surface area contributed by atoms with Crippen LogP contribution in [0.4, 0.5) is 17.1 Å². The molecule has 4 aromatic rings. The quantitative estimate of drug-likeness (QED) is 0.105. The standard InChI is InChI=1S/C25H21N5O13S3/c31-23(26-17-2-1-3-20(14-17)44(35,36)13-12-43-46(40,41)42)15-4-6-16(7-5-15)27-28-21-22(25(33)34)29-30(24(21)32)18-8-10-19(11-9-18)45(37,38)39/h1-11,14,29H,12-13H2,(H,26,31)(H,33,34)(H,37,38,39)(H,40,41,42). The fraction of sp³-hybridized carbons (Fsp3) is 0.0800. The van der Waals surface area contributed by atoms with Gasteiger partial charge in [-0.1, -0.05) is 6.07 Å². The van der Waals surface area contributed by atoms with Crippen LogP contribution >= 0.6 is 0 Å². The Balaban J connectivity index is 1.49. The number of nitrogens with one attached hydrogen (secondary N) is 2. The Bertz CT molecular complexity index is 2220. The van der Waals surface area contributed by atoms with E-state index in [1.54, 1.807) is 0 Å². The highest BCUT2D eigenvalue weighted by Gasteiger charge is 2.22. The molecule has 0 radical (unpaired) electrons. The third-order valence-corrected chi connectivity index (χ3v) is 8.91. The number of amides is 1. The van der Waals surface area contributed by atoms with E-state index in [-0.39, 0.29) is 27.5 Å². The second kappa shape index (κ2) is 13.1. The minimum atomic E-state index is -4.82. The van der Waals surface area contributed by atoms with Crippen LogP contribution in [0.2, 0.25) is 0 Å². The number of carboxylic acid groups (broad SMARTS) is 1. The topological polar surface area (TPSA) is 281 Å². The number of carbonyl (C=O) groups is 2. The average Bonchev–Trinajstić information content (AvgIpc) is 3.31. The fourth-order valence-electron chi connectivity index (χ4n) is 3.74. The summed E-state index contributed by atoms with van der Waals surface area (Å²) in [6.45, 7) is -0.827. The first-order chi connectivity index (χ1) is 21.4. The van der Waals surface area contributed by atoms with Gasteiger partial charge in [-0.05, 0) is 66.7 Å². The molecule has 0 fully saturated rings. The predicted octanol–water partition coefficient (Wildman–Crippen LogP) is 2.37. The van der Waals surface area contributed by atoms with Crippen LogP contribution in [0.1, 0.15) is 20.8 Å². The van der Waals surface area contributed by atoms with E-state index in [1.165, 1.54) is 42.5 Å². The fourth-order valence-corrected chi connectivity index (χ4v) is 5.75. The molecule has 0 saturated carbocycles. The number of benzene rings is 3. The summed E-state index contributed by atoms with van der Waals surface area (Å²) in [5, 5.41) is 22.0. The molecule has 1 amide bonds. The Hall–Kier alpha value is -5.06. The predicted molar refractivity (Wildman–Crippen MR) is 158 cm³/mol. The summed E-state index contributed by atoms with van der Waals surface area (Å²) in [7, 11) is -13.4. The van der Waals surface area contributed by atoms with Gasteiger partial charge in [0, 0.05) is 11.3 Å². The van der Waals surface area contributed by atoms with Crippen LogP contribution in [0.5, 0.6) is 0 Å². The van der Waals surface area contributed by atoms with Gasteiger partial charge >= 0.3 is 16.4 Å². The Morgan fingerprint density at radius 2 is 1.52 bits per heavy atom. The van der Waals surface area contributed by atoms with Crippen LogP contribution in [0, 0.1) is 0 Å². The van der Waals surface area contributed by atoms with Crippen molar-refractivity contribution in [1.82, 2.24) is 9.78 Å². The van der Waals surface area contributed by atoms with Gasteiger partial charge in [0.1, 0.15) is 0 Å². The molecule has 46 heavy (non-hydrogen) atoms. The van der Waals surface area contributed by atoms with Crippen LogP contribution in [-0.2, 0) is 34.5 Å². The summed E-state index contributed by atoms with van der Waals surface area (Å²) < 4.78 is 91.2. The lowest BCUT2D eigenvalue weighted by molar-refractivity contribution is 0.0690. The molecule has 0 aliphatic carbocycles. The lowest BCUT2D eigenvalue weighted by Gasteiger charge is -2.09. The maximum absolute atomic E-state index is 12.9. The first kappa shape index (κ1) is 33.8. The minimum absolute atomic E-state index is 0.0333. The SMILES string of the molecule is O=C(Nc1cccc(S(=O)(=O)CCOS(=O)(=O)O)c1)c1ccc(N=Nc2c(C(=O)O)[nH]n(-c3ccc(S(=O)(=O)O)cc3)c2=O)cc1. The van der Waals surface area contributed by atoms with Crippen LogP contribution in [-0.4, -0.2) is 73.5 Å². The maximum atomic E-state index is 12.9. The van der Waals surface area contributed by atoms with Gasteiger partial charge in [0.15, 0.2) is 21.2 Å². The number of carbonyl (C=O) groups excluding carboxylic acids is 1. The number of anilines is 1. The number of nitrogens with zero attached hydrogens (tertiary/aromatic N) is 3. The normalized spacial score (nSPS) is 12.3. The summed E-state index contributed by atoms with van der Waals surface area (Å²) in [5.41, 5.74) is -1.83. The van der Waals surface area contributed by atoms with E-state index in [2.05, 4.69) is 24.8 Å². The number of hydrogen-bond acceptors (Lipinski definition) is 12. The Morgan fingerprint density at radius 1 is 0.870 bits per heavy atom. The van der Waals surface area contributed by atoms with Gasteiger partial charge in [-0.3, -0.25) is 23.8 Å². The maximum Gasteiger partial charge on any atom is 0.397 e. The monoisotopic (exact) mass is 695 g/mol. The zero-order valence-electron chi connectivity index (χ0n) is 22.8. The van der Waals surface area contributed by atoms with E-state index in [1.807, 2.05) is 0 Å². The van der Waals surface area contributed by atoms with Gasteiger partial charge < -0.3 is 10.4 Å². The highest BCUT2D eigenvalue weighted by atomic mass is 32.3. The van der Waals surface area contributed by atoms with Gasteiger partial charge in [0.25, 0.3) is 21.6 Å². The third-order valence-electron chi connectivity index (χ3n) is 5.90. The molecule has 0 bridgehead atoms. The van der Waals surface area contributed by atoms with Crippen molar-refractivity contribution in [1.29, 1.82) is 0 Å². The highest BCUT2D eigenvalue weighted by Crippen LogP contribution is 2.22. The van der Waals surface area contributed by atoms with Crippen LogP contribution in [0.15, 0.2) is 97.6 Å². The molecule has 0 saturated heterocycles. The second-order valence-corrected chi connectivity index (χ2v) is 13.7. The van der Waals surface area contributed by atoms with Crippen molar-refractivity contribution >= 4 is 59.3 Å². The molecule has 0 aliphatic rings. The lowest BCUT2D eigenvalue weighted by Crippen LogP contribution is -2.16. The molecule has 0 atom stereocenters. The molecule has 242 valence electrons. The van der Waals surface area contributed by atoms with E-state index in [0.29, 0.717) is 0 Å². The van der Waals surface area contributed by atoms with Crippen molar-refractivity contribution in [2.45, 2.75) is 9.79 Å². The largest absolute Gasteiger partial charge is 0.476 e. The number of aromatic carboxylic acids is 1. The molecule has 18 nitrogen and oxygen atoms in total. The second-order valence-electron chi connectivity index (χ2n) is 9.05. The molecule has 0 aliphatic heterocycles. The van der Waals surface area contributed by atoms with Crippen molar-refractivity contribution in [2.75, 3.05) is 17.7 Å². The Morgan fingerprint density at radius 3 is 2.11 bits per heavy atom. The number of azo groups is 1.